The lowest BCUT2D eigenvalue weighted by atomic mass is 10.3. The average molecular weight is 345 g/mol. The van der Waals surface area contributed by atoms with Crippen LogP contribution in [0.3, 0.4) is 0 Å². The molecule has 1 amide bonds. The number of carbonyl (C=O) groups is 2. The fourth-order valence-corrected chi connectivity index (χ4v) is 3.15. The number of nitrogens with one attached hydrogen (secondary N) is 2. The number of halogens is 1. The third-order valence-electron chi connectivity index (χ3n) is 2.47. The smallest absolute Gasteiger partial charge is 0.307 e. The highest BCUT2D eigenvalue weighted by Gasteiger charge is 2.12. The number of rotatable bonds is 5. The standard InChI is InChI=1S/C12H13BrN2O3S/c1-2-18-10(16)3-4-14-12(17)8-5-9-11(15-8)7(13)6-19-9/h5-6,15H,2-4H2,1H3,(H,14,17). The molecule has 0 saturated heterocycles. The van der Waals surface area contributed by atoms with Crippen LogP contribution < -0.4 is 5.32 Å². The van der Waals surface area contributed by atoms with E-state index in [0.717, 1.165) is 14.7 Å². The predicted molar refractivity (Wildman–Crippen MR) is 77.5 cm³/mol. The maximum absolute atomic E-state index is 11.9. The Labute approximate surface area is 122 Å². The molecule has 0 radical (unpaired) electrons. The summed E-state index contributed by atoms with van der Waals surface area (Å²) >= 11 is 4.96. The van der Waals surface area contributed by atoms with Crippen molar-refractivity contribution in [2.75, 3.05) is 13.2 Å². The Morgan fingerprint density at radius 2 is 2.32 bits per heavy atom. The second kappa shape index (κ2) is 6.21. The molecule has 7 heteroatoms. The first kappa shape index (κ1) is 14.1. The highest BCUT2D eigenvalue weighted by Crippen LogP contribution is 2.30. The molecule has 0 aliphatic heterocycles. The van der Waals surface area contributed by atoms with Gasteiger partial charge in [-0.2, -0.15) is 0 Å². The molecule has 102 valence electrons. The predicted octanol–water partition coefficient (Wildman–Crippen LogP) is 2.67. The van der Waals surface area contributed by atoms with Gasteiger partial charge in [0.15, 0.2) is 0 Å². The highest BCUT2D eigenvalue weighted by molar-refractivity contribution is 9.10. The summed E-state index contributed by atoms with van der Waals surface area (Å²) < 4.78 is 6.74. The van der Waals surface area contributed by atoms with Gasteiger partial charge in [-0.25, -0.2) is 0 Å². The van der Waals surface area contributed by atoms with Crippen LogP contribution in [0.15, 0.2) is 15.9 Å². The van der Waals surface area contributed by atoms with E-state index in [9.17, 15) is 9.59 Å². The Morgan fingerprint density at radius 3 is 3.00 bits per heavy atom. The van der Waals surface area contributed by atoms with E-state index in [1.165, 1.54) is 0 Å². The summed E-state index contributed by atoms with van der Waals surface area (Å²) in [7, 11) is 0. The highest BCUT2D eigenvalue weighted by atomic mass is 79.9. The van der Waals surface area contributed by atoms with Crippen LogP contribution in [0.4, 0.5) is 0 Å². The third kappa shape index (κ3) is 3.36. The van der Waals surface area contributed by atoms with Crippen molar-refractivity contribution in [1.29, 1.82) is 0 Å². The van der Waals surface area contributed by atoms with Gasteiger partial charge in [0.1, 0.15) is 5.69 Å². The van der Waals surface area contributed by atoms with Gasteiger partial charge in [0.25, 0.3) is 5.91 Å². The van der Waals surface area contributed by atoms with Gasteiger partial charge in [0.05, 0.1) is 27.7 Å². The number of aromatic nitrogens is 1. The number of ether oxygens (including phenoxy) is 1. The lowest BCUT2D eigenvalue weighted by molar-refractivity contribution is -0.142. The summed E-state index contributed by atoms with van der Waals surface area (Å²) in [6.07, 6.45) is 0.179. The minimum absolute atomic E-state index is 0.179. The van der Waals surface area contributed by atoms with E-state index in [4.69, 9.17) is 4.74 Å². The number of fused-ring (bicyclic) bond motifs is 1. The normalized spacial score (nSPS) is 10.6. The molecular weight excluding hydrogens is 332 g/mol. The van der Waals surface area contributed by atoms with E-state index in [1.54, 1.807) is 24.3 Å². The SMILES string of the molecule is CCOC(=O)CCNC(=O)c1cc2scc(Br)c2[nH]1. The van der Waals surface area contributed by atoms with Crippen LogP contribution in [0.2, 0.25) is 0 Å². The van der Waals surface area contributed by atoms with Crippen LogP contribution in [-0.2, 0) is 9.53 Å². The molecule has 2 N–H and O–H groups in total. The number of H-pyrrole nitrogens is 1. The molecule has 5 nitrogen and oxygen atoms in total. The quantitative estimate of drug-likeness (QED) is 0.819. The number of esters is 1. The molecule has 0 unspecified atom stereocenters. The van der Waals surface area contributed by atoms with Gasteiger partial charge >= 0.3 is 5.97 Å². The molecule has 2 aromatic rings. The van der Waals surface area contributed by atoms with Gasteiger partial charge < -0.3 is 15.0 Å². The van der Waals surface area contributed by atoms with Gasteiger partial charge in [0, 0.05) is 11.9 Å². The third-order valence-corrected chi connectivity index (χ3v) is 4.33. The van der Waals surface area contributed by atoms with Crippen molar-refractivity contribution in [1.82, 2.24) is 10.3 Å². The zero-order valence-corrected chi connectivity index (χ0v) is 12.7. The number of amides is 1. The maximum atomic E-state index is 11.9. The number of aromatic amines is 1. The number of carbonyl (C=O) groups excluding carboxylic acids is 2. The number of hydrogen-bond acceptors (Lipinski definition) is 4. The summed E-state index contributed by atoms with van der Waals surface area (Å²) in [6.45, 7) is 2.37. The van der Waals surface area contributed by atoms with Crippen molar-refractivity contribution in [2.24, 2.45) is 0 Å². The molecule has 2 aromatic heterocycles. The Balaban J connectivity index is 1.91. The molecule has 0 bridgehead atoms. The van der Waals surface area contributed by atoms with Gasteiger partial charge in [0.2, 0.25) is 0 Å². The van der Waals surface area contributed by atoms with Crippen molar-refractivity contribution < 1.29 is 14.3 Å². The Morgan fingerprint density at radius 1 is 1.53 bits per heavy atom. The zero-order valence-electron chi connectivity index (χ0n) is 10.3. The monoisotopic (exact) mass is 344 g/mol. The van der Waals surface area contributed by atoms with Crippen LogP contribution in [0.25, 0.3) is 10.2 Å². The Hall–Kier alpha value is -1.34. The topological polar surface area (TPSA) is 71.2 Å². The van der Waals surface area contributed by atoms with Crippen LogP contribution in [0.5, 0.6) is 0 Å². The lowest BCUT2D eigenvalue weighted by Crippen LogP contribution is -2.26. The van der Waals surface area contributed by atoms with Gasteiger partial charge in [-0.15, -0.1) is 11.3 Å². The minimum atomic E-state index is -0.307. The number of hydrogen-bond donors (Lipinski definition) is 2. The molecule has 19 heavy (non-hydrogen) atoms. The van der Waals surface area contributed by atoms with E-state index >= 15 is 0 Å². The van der Waals surface area contributed by atoms with Crippen molar-refractivity contribution in [3.8, 4) is 0 Å². The molecule has 0 spiro atoms. The van der Waals surface area contributed by atoms with E-state index in [0.29, 0.717) is 12.3 Å². The lowest BCUT2D eigenvalue weighted by Gasteiger charge is -2.03. The first-order valence-corrected chi connectivity index (χ1v) is 7.48. The van der Waals surface area contributed by atoms with Crippen molar-refractivity contribution in [2.45, 2.75) is 13.3 Å². The molecular formula is C12H13BrN2O3S. The Bertz CT molecular complexity index is 605. The maximum Gasteiger partial charge on any atom is 0.307 e. The van der Waals surface area contributed by atoms with E-state index in [2.05, 4.69) is 26.2 Å². The van der Waals surface area contributed by atoms with Crippen molar-refractivity contribution in [3.63, 3.8) is 0 Å². The molecule has 0 fully saturated rings. The molecule has 0 aliphatic carbocycles. The second-order valence-corrected chi connectivity index (χ2v) is 5.58. The molecule has 0 aliphatic rings. The van der Waals surface area contributed by atoms with Crippen LogP contribution in [-0.4, -0.2) is 30.0 Å². The molecule has 0 saturated carbocycles. The van der Waals surface area contributed by atoms with Gasteiger partial charge in [-0.1, -0.05) is 0 Å². The second-order valence-electron chi connectivity index (χ2n) is 3.82. The van der Waals surface area contributed by atoms with E-state index < -0.39 is 0 Å². The molecule has 0 aromatic carbocycles. The summed E-state index contributed by atoms with van der Waals surface area (Å²) in [5, 5.41) is 4.64. The average Bonchev–Trinajstić information content (AvgIpc) is 2.92. The van der Waals surface area contributed by atoms with Crippen molar-refractivity contribution >= 4 is 49.4 Å². The molecule has 2 heterocycles. The van der Waals surface area contributed by atoms with Crippen LogP contribution in [0, 0.1) is 0 Å². The van der Waals surface area contributed by atoms with Gasteiger partial charge in [-0.3, -0.25) is 9.59 Å². The van der Waals surface area contributed by atoms with Crippen LogP contribution in [0.1, 0.15) is 23.8 Å². The van der Waals surface area contributed by atoms with E-state index in [1.807, 2.05) is 5.38 Å². The van der Waals surface area contributed by atoms with Gasteiger partial charge in [-0.05, 0) is 28.9 Å². The summed E-state index contributed by atoms with van der Waals surface area (Å²) in [4.78, 5) is 26.0. The first-order chi connectivity index (χ1) is 9.11. The first-order valence-electron chi connectivity index (χ1n) is 5.81. The van der Waals surface area contributed by atoms with E-state index in [-0.39, 0.29) is 24.8 Å². The minimum Gasteiger partial charge on any atom is -0.466 e. The molecule has 0 atom stereocenters. The summed E-state index contributed by atoms with van der Waals surface area (Å²) in [6, 6.07) is 1.80. The molecule has 2 rings (SSSR count). The van der Waals surface area contributed by atoms with Crippen LogP contribution >= 0.6 is 27.3 Å². The Kier molecular flexibility index (Phi) is 4.60. The number of thiophene rings is 1. The summed E-state index contributed by atoms with van der Waals surface area (Å²) in [5.74, 6) is -0.530. The fraction of sp³-hybridized carbons (Fsp3) is 0.333. The zero-order chi connectivity index (χ0) is 13.8. The summed E-state index contributed by atoms with van der Waals surface area (Å²) in [5.41, 5.74) is 1.41. The largest absolute Gasteiger partial charge is 0.466 e. The van der Waals surface area contributed by atoms with Crippen molar-refractivity contribution in [3.05, 3.63) is 21.6 Å². The fourth-order valence-electron chi connectivity index (χ4n) is 1.61.